The van der Waals surface area contributed by atoms with Gasteiger partial charge in [0.2, 0.25) is 0 Å². The molecule has 0 saturated carbocycles. The van der Waals surface area contributed by atoms with Crippen molar-refractivity contribution in [3.63, 3.8) is 0 Å². The van der Waals surface area contributed by atoms with Gasteiger partial charge in [-0.25, -0.2) is 0 Å². The summed E-state index contributed by atoms with van der Waals surface area (Å²) in [4.78, 5) is 0. The maximum atomic E-state index is 3.79. The van der Waals surface area contributed by atoms with Crippen LogP contribution in [0, 0.1) is 11.8 Å². The fourth-order valence-electron chi connectivity index (χ4n) is 3.22. The summed E-state index contributed by atoms with van der Waals surface area (Å²) in [7, 11) is 0. The zero-order valence-corrected chi connectivity index (χ0v) is 15.5. The molecule has 0 aliphatic rings. The molecule has 0 bridgehead atoms. The Kier molecular flexibility index (Phi) is 7.48. The Hall–Kier alpha value is -1.64. The van der Waals surface area contributed by atoms with Crippen LogP contribution in [0.3, 0.4) is 0 Å². The summed E-state index contributed by atoms with van der Waals surface area (Å²) in [5.41, 5.74) is 2.68. The van der Waals surface area contributed by atoms with E-state index in [9.17, 15) is 0 Å². The second-order valence-corrected chi connectivity index (χ2v) is 7.27. The highest BCUT2D eigenvalue weighted by atomic mass is 15.0. The van der Waals surface area contributed by atoms with E-state index in [-0.39, 0.29) is 0 Å². The van der Waals surface area contributed by atoms with Gasteiger partial charge in [0.25, 0.3) is 0 Å². The molecule has 0 heterocycles. The molecule has 2 atom stereocenters. The van der Waals surface area contributed by atoms with E-state index in [0.29, 0.717) is 23.9 Å². The van der Waals surface area contributed by atoms with Gasteiger partial charge in [0.05, 0.1) is 0 Å². The topological polar surface area (TPSA) is 24.1 Å². The summed E-state index contributed by atoms with van der Waals surface area (Å²) >= 11 is 0. The standard InChI is InChI=1S/C22H32N2/c1-17(2)21(23-15-19-11-7-5-8-12-19)22(18(3)4)24-16-20-13-9-6-10-14-20/h5-14,17-18,21-24H,15-16H2,1-4H3. The van der Waals surface area contributed by atoms with Crippen LogP contribution in [0.25, 0.3) is 0 Å². The van der Waals surface area contributed by atoms with Crippen molar-refractivity contribution in [2.75, 3.05) is 0 Å². The lowest BCUT2D eigenvalue weighted by atomic mass is 9.88. The maximum absolute atomic E-state index is 3.79. The van der Waals surface area contributed by atoms with Crippen molar-refractivity contribution < 1.29 is 0 Å². The van der Waals surface area contributed by atoms with Crippen molar-refractivity contribution in [1.29, 1.82) is 0 Å². The molecule has 0 fully saturated rings. The molecule has 0 aromatic heterocycles. The van der Waals surface area contributed by atoms with E-state index >= 15 is 0 Å². The molecule has 0 spiro atoms. The van der Waals surface area contributed by atoms with Gasteiger partial charge in [-0.2, -0.15) is 0 Å². The molecular weight excluding hydrogens is 292 g/mol. The van der Waals surface area contributed by atoms with E-state index in [4.69, 9.17) is 0 Å². The first kappa shape index (κ1) is 18.7. The second kappa shape index (κ2) is 9.61. The normalized spacial score (nSPS) is 14.1. The lowest BCUT2D eigenvalue weighted by molar-refractivity contribution is 0.247. The predicted molar refractivity (Wildman–Crippen MR) is 104 cm³/mol. The first-order chi connectivity index (χ1) is 11.6. The van der Waals surface area contributed by atoms with Crippen LogP contribution in [-0.2, 0) is 13.1 Å². The monoisotopic (exact) mass is 324 g/mol. The van der Waals surface area contributed by atoms with Crippen LogP contribution in [0.5, 0.6) is 0 Å². The highest BCUT2D eigenvalue weighted by molar-refractivity contribution is 5.15. The van der Waals surface area contributed by atoms with Crippen molar-refractivity contribution >= 4 is 0 Å². The van der Waals surface area contributed by atoms with Gasteiger partial charge >= 0.3 is 0 Å². The zero-order chi connectivity index (χ0) is 17.4. The Balaban J connectivity index is 2.00. The Labute approximate surface area is 147 Å². The summed E-state index contributed by atoms with van der Waals surface area (Å²) in [6.07, 6.45) is 0. The summed E-state index contributed by atoms with van der Waals surface area (Å²) in [6.45, 7) is 11.1. The van der Waals surface area contributed by atoms with Crippen LogP contribution in [-0.4, -0.2) is 12.1 Å². The third-order valence-electron chi connectivity index (χ3n) is 4.59. The fraction of sp³-hybridized carbons (Fsp3) is 0.455. The van der Waals surface area contributed by atoms with Crippen LogP contribution in [0.2, 0.25) is 0 Å². The minimum absolute atomic E-state index is 0.439. The Morgan fingerprint density at radius 3 is 1.21 bits per heavy atom. The molecule has 0 amide bonds. The number of benzene rings is 2. The number of hydrogen-bond acceptors (Lipinski definition) is 2. The molecule has 2 aromatic carbocycles. The molecule has 2 N–H and O–H groups in total. The van der Waals surface area contributed by atoms with Gasteiger partial charge in [0.15, 0.2) is 0 Å². The lowest BCUT2D eigenvalue weighted by Crippen LogP contribution is -2.53. The first-order valence-corrected chi connectivity index (χ1v) is 9.12. The minimum atomic E-state index is 0.439. The maximum Gasteiger partial charge on any atom is 0.0249 e. The molecule has 2 rings (SSSR count). The van der Waals surface area contributed by atoms with Crippen LogP contribution in [0.15, 0.2) is 60.7 Å². The third kappa shape index (κ3) is 5.77. The van der Waals surface area contributed by atoms with Crippen molar-refractivity contribution in [3.05, 3.63) is 71.8 Å². The Morgan fingerprint density at radius 2 is 0.917 bits per heavy atom. The minimum Gasteiger partial charge on any atom is -0.308 e. The molecule has 2 nitrogen and oxygen atoms in total. The van der Waals surface area contributed by atoms with Gasteiger partial charge < -0.3 is 10.6 Å². The molecule has 24 heavy (non-hydrogen) atoms. The molecule has 2 heteroatoms. The highest BCUT2D eigenvalue weighted by Crippen LogP contribution is 2.16. The van der Waals surface area contributed by atoms with Crippen LogP contribution in [0.4, 0.5) is 0 Å². The van der Waals surface area contributed by atoms with Gasteiger partial charge in [0.1, 0.15) is 0 Å². The molecule has 0 radical (unpaired) electrons. The third-order valence-corrected chi connectivity index (χ3v) is 4.59. The van der Waals surface area contributed by atoms with Crippen LogP contribution >= 0.6 is 0 Å². The highest BCUT2D eigenvalue weighted by Gasteiger charge is 2.26. The van der Waals surface area contributed by atoms with Gasteiger partial charge in [0, 0.05) is 25.2 Å². The van der Waals surface area contributed by atoms with E-state index < -0.39 is 0 Å². The Bertz CT molecular complexity index is 510. The number of rotatable bonds is 9. The average molecular weight is 325 g/mol. The summed E-state index contributed by atoms with van der Waals surface area (Å²) in [5, 5.41) is 7.58. The molecule has 130 valence electrons. The predicted octanol–water partition coefficient (Wildman–Crippen LogP) is 4.62. The van der Waals surface area contributed by atoms with Crippen molar-refractivity contribution in [1.82, 2.24) is 10.6 Å². The molecule has 0 saturated heterocycles. The average Bonchev–Trinajstić information content (AvgIpc) is 2.59. The largest absolute Gasteiger partial charge is 0.308 e. The quantitative estimate of drug-likeness (QED) is 0.703. The van der Waals surface area contributed by atoms with E-state index in [1.54, 1.807) is 0 Å². The van der Waals surface area contributed by atoms with Crippen molar-refractivity contribution in [2.45, 2.75) is 52.9 Å². The smallest absolute Gasteiger partial charge is 0.0249 e. The van der Waals surface area contributed by atoms with E-state index in [1.807, 2.05) is 0 Å². The van der Waals surface area contributed by atoms with E-state index in [0.717, 1.165) is 13.1 Å². The summed E-state index contributed by atoms with van der Waals surface area (Å²) in [6, 6.07) is 22.2. The first-order valence-electron chi connectivity index (χ1n) is 9.12. The molecule has 0 aliphatic heterocycles. The summed E-state index contributed by atoms with van der Waals surface area (Å²) in [5.74, 6) is 1.15. The van der Waals surface area contributed by atoms with Crippen molar-refractivity contribution in [2.24, 2.45) is 11.8 Å². The van der Waals surface area contributed by atoms with Crippen molar-refractivity contribution in [3.8, 4) is 0 Å². The van der Waals surface area contributed by atoms with Crippen LogP contribution in [0.1, 0.15) is 38.8 Å². The van der Waals surface area contributed by atoms with Gasteiger partial charge in [-0.3, -0.25) is 0 Å². The summed E-state index contributed by atoms with van der Waals surface area (Å²) < 4.78 is 0. The zero-order valence-electron chi connectivity index (χ0n) is 15.5. The second-order valence-electron chi connectivity index (χ2n) is 7.27. The number of nitrogens with one attached hydrogen (secondary N) is 2. The molecular formula is C22H32N2. The van der Waals surface area contributed by atoms with E-state index in [2.05, 4.69) is 99.0 Å². The molecule has 2 aromatic rings. The van der Waals surface area contributed by atoms with Gasteiger partial charge in [-0.1, -0.05) is 88.4 Å². The molecule has 2 unspecified atom stereocenters. The van der Waals surface area contributed by atoms with Gasteiger partial charge in [-0.15, -0.1) is 0 Å². The fourth-order valence-corrected chi connectivity index (χ4v) is 3.22. The van der Waals surface area contributed by atoms with Crippen LogP contribution < -0.4 is 10.6 Å². The Morgan fingerprint density at radius 1 is 0.583 bits per heavy atom. The van der Waals surface area contributed by atoms with E-state index in [1.165, 1.54) is 11.1 Å². The lowest BCUT2D eigenvalue weighted by Gasteiger charge is -2.35. The van der Waals surface area contributed by atoms with Gasteiger partial charge in [-0.05, 0) is 23.0 Å². The SMILES string of the molecule is CC(C)C(NCc1ccccc1)C(NCc1ccccc1)C(C)C. The molecule has 0 aliphatic carbocycles. The number of hydrogen-bond donors (Lipinski definition) is 2.